The summed E-state index contributed by atoms with van der Waals surface area (Å²) in [6, 6.07) is 11.0. The first-order valence-electron chi connectivity index (χ1n) is 5.70. The van der Waals surface area contributed by atoms with Crippen LogP contribution in [0.15, 0.2) is 36.4 Å². The zero-order valence-electron chi connectivity index (χ0n) is 10.2. The first-order chi connectivity index (χ1) is 8.97. The molecule has 2 aromatic carbocycles. The largest absolute Gasteiger partial charge is 0.294 e. The maximum atomic E-state index is 12.3. The van der Waals surface area contributed by atoms with Crippen molar-refractivity contribution in [2.75, 3.05) is 0 Å². The second-order valence-corrected chi connectivity index (χ2v) is 6.32. The molecule has 0 radical (unpaired) electrons. The fourth-order valence-corrected chi connectivity index (χ4v) is 2.89. The molecule has 0 aromatic heterocycles. The predicted octanol–water partition coefficient (Wildman–Crippen LogP) is 5.33. The Balaban J connectivity index is 2.28. The van der Waals surface area contributed by atoms with E-state index in [1.165, 1.54) is 0 Å². The highest BCUT2D eigenvalue weighted by molar-refractivity contribution is 14.1. The third kappa shape index (κ3) is 3.71. The van der Waals surface area contributed by atoms with Crippen LogP contribution in [0.3, 0.4) is 0 Å². The molecule has 0 spiro atoms. The van der Waals surface area contributed by atoms with E-state index in [9.17, 15) is 4.79 Å². The van der Waals surface area contributed by atoms with Crippen LogP contribution in [-0.2, 0) is 6.42 Å². The maximum absolute atomic E-state index is 12.3. The third-order valence-electron chi connectivity index (χ3n) is 2.79. The van der Waals surface area contributed by atoms with Gasteiger partial charge in [-0.3, -0.25) is 4.79 Å². The summed E-state index contributed by atoms with van der Waals surface area (Å²) in [6.07, 6.45) is 0.287. The van der Waals surface area contributed by atoms with Crippen LogP contribution in [-0.4, -0.2) is 5.78 Å². The Bertz CT molecular complexity index is 638. The van der Waals surface area contributed by atoms with E-state index in [0.717, 1.165) is 14.7 Å². The van der Waals surface area contributed by atoms with Crippen LogP contribution in [0.4, 0.5) is 0 Å². The summed E-state index contributed by atoms with van der Waals surface area (Å²) in [5, 5.41) is 1.20. The van der Waals surface area contributed by atoms with E-state index in [0.29, 0.717) is 15.6 Å². The van der Waals surface area contributed by atoms with Crippen molar-refractivity contribution in [1.29, 1.82) is 0 Å². The van der Waals surface area contributed by atoms with Crippen LogP contribution in [0.2, 0.25) is 10.0 Å². The lowest BCUT2D eigenvalue weighted by Crippen LogP contribution is -2.06. The molecule has 0 aliphatic carbocycles. The number of carbonyl (C=O) groups is 1. The molecule has 0 unspecified atom stereocenters. The molecule has 0 saturated heterocycles. The first-order valence-corrected chi connectivity index (χ1v) is 7.54. The lowest BCUT2D eigenvalue weighted by molar-refractivity contribution is 0.0992. The highest BCUT2D eigenvalue weighted by Crippen LogP contribution is 2.23. The van der Waals surface area contributed by atoms with Gasteiger partial charge in [0.25, 0.3) is 0 Å². The van der Waals surface area contributed by atoms with Gasteiger partial charge in [-0.05, 0) is 64.9 Å². The van der Waals surface area contributed by atoms with Crippen molar-refractivity contribution < 1.29 is 4.79 Å². The van der Waals surface area contributed by atoms with Crippen LogP contribution >= 0.6 is 45.8 Å². The van der Waals surface area contributed by atoms with Gasteiger partial charge in [0.05, 0.1) is 0 Å². The van der Waals surface area contributed by atoms with E-state index < -0.39 is 0 Å². The quantitative estimate of drug-likeness (QED) is 0.499. The van der Waals surface area contributed by atoms with Crippen molar-refractivity contribution >= 4 is 51.6 Å². The molecule has 0 heterocycles. The number of ketones is 1. The van der Waals surface area contributed by atoms with Crippen LogP contribution in [0.25, 0.3) is 0 Å². The van der Waals surface area contributed by atoms with Gasteiger partial charge < -0.3 is 0 Å². The summed E-state index contributed by atoms with van der Waals surface area (Å²) in [7, 11) is 0. The van der Waals surface area contributed by atoms with Crippen molar-refractivity contribution in [3.8, 4) is 0 Å². The topological polar surface area (TPSA) is 17.1 Å². The average molecular weight is 405 g/mol. The normalized spacial score (nSPS) is 10.5. The van der Waals surface area contributed by atoms with Crippen LogP contribution in [0, 0.1) is 10.5 Å². The molecule has 0 N–H and O–H groups in total. The van der Waals surface area contributed by atoms with Crippen LogP contribution in [0.5, 0.6) is 0 Å². The zero-order chi connectivity index (χ0) is 14.0. The molecule has 0 fully saturated rings. The molecular weight excluding hydrogens is 394 g/mol. The number of carbonyl (C=O) groups excluding carboxylic acids is 1. The molecule has 0 aliphatic rings. The number of hydrogen-bond acceptors (Lipinski definition) is 1. The number of hydrogen-bond donors (Lipinski definition) is 0. The molecule has 2 aromatic rings. The van der Waals surface area contributed by atoms with Crippen LogP contribution in [0.1, 0.15) is 21.5 Å². The molecule has 0 saturated carbocycles. The predicted molar refractivity (Wildman–Crippen MR) is 88.4 cm³/mol. The second kappa shape index (κ2) is 6.25. The molecule has 2 rings (SSSR count). The van der Waals surface area contributed by atoms with Crippen molar-refractivity contribution in [1.82, 2.24) is 0 Å². The maximum Gasteiger partial charge on any atom is 0.168 e. The number of aryl methyl sites for hydroxylation is 1. The molecule has 0 atom stereocenters. The molecular formula is C15H11Cl2IO. The molecule has 0 aliphatic heterocycles. The number of benzene rings is 2. The Morgan fingerprint density at radius 2 is 1.89 bits per heavy atom. The molecule has 4 heteroatoms. The summed E-state index contributed by atoms with van der Waals surface area (Å²) in [6.45, 7) is 1.97. The lowest BCUT2D eigenvalue weighted by atomic mass is 10.0. The van der Waals surface area contributed by atoms with Gasteiger partial charge in [0.1, 0.15) is 0 Å². The van der Waals surface area contributed by atoms with Gasteiger partial charge >= 0.3 is 0 Å². The summed E-state index contributed by atoms with van der Waals surface area (Å²) in [5.74, 6) is 0.0256. The Kier molecular flexibility index (Phi) is 4.87. The smallest absolute Gasteiger partial charge is 0.168 e. The Labute approximate surface area is 136 Å². The van der Waals surface area contributed by atoms with E-state index >= 15 is 0 Å². The lowest BCUT2D eigenvalue weighted by Gasteiger charge is -2.07. The minimum absolute atomic E-state index is 0.0256. The van der Waals surface area contributed by atoms with Gasteiger partial charge in [-0.2, -0.15) is 0 Å². The molecule has 0 bridgehead atoms. The fraction of sp³-hybridized carbons (Fsp3) is 0.133. The van der Waals surface area contributed by atoms with E-state index in [4.69, 9.17) is 23.2 Å². The molecule has 1 nitrogen and oxygen atoms in total. The van der Waals surface area contributed by atoms with Crippen LogP contribution < -0.4 is 0 Å². The van der Waals surface area contributed by atoms with Gasteiger partial charge in [0.15, 0.2) is 5.78 Å². The van der Waals surface area contributed by atoms with E-state index in [1.807, 2.05) is 31.2 Å². The third-order valence-corrected chi connectivity index (χ3v) is 4.32. The Morgan fingerprint density at radius 3 is 2.58 bits per heavy atom. The van der Waals surface area contributed by atoms with Gasteiger partial charge in [-0.15, -0.1) is 0 Å². The SMILES string of the molecule is Cc1ccc(CC(=O)c2cc(Cl)ccc2I)c(Cl)c1. The summed E-state index contributed by atoms with van der Waals surface area (Å²) in [5.41, 5.74) is 2.57. The van der Waals surface area contributed by atoms with Gasteiger partial charge in [-0.1, -0.05) is 35.3 Å². The van der Waals surface area contributed by atoms with Gasteiger partial charge in [0.2, 0.25) is 0 Å². The number of Topliss-reactive ketones (excluding diaryl/α,β-unsaturated/α-hetero) is 1. The second-order valence-electron chi connectivity index (χ2n) is 4.32. The van der Waals surface area contributed by atoms with Crippen molar-refractivity contribution in [2.24, 2.45) is 0 Å². The fourth-order valence-electron chi connectivity index (χ4n) is 1.78. The highest BCUT2D eigenvalue weighted by atomic mass is 127. The van der Waals surface area contributed by atoms with Crippen molar-refractivity contribution in [3.63, 3.8) is 0 Å². The highest BCUT2D eigenvalue weighted by Gasteiger charge is 2.13. The Morgan fingerprint density at radius 1 is 1.16 bits per heavy atom. The van der Waals surface area contributed by atoms with E-state index in [1.54, 1.807) is 12.1 Å². The summed E-state index contributed by atoms with van der Waals surface area (Å²) < 4.78 is 0.898. The van der Waals surface area contributed by atoms with Gasteiger partial charge in [-0.25, -0.2) is 0 Å². The first kappa shape index (κ1) is 14.8. The van der Waals surface area contributed by atoms with Crippen molar-refractivity contribution in [3.05, 3.63) is 66.7 Å². The van der Waals surface area contributed by atoms with E-state index in [-0.39, 0.29) is 12.2 Å². The van der Waals surface area contributed by atoms with Crippen molar-refractivity contribution in [2.45, 2.75) is 13.3 Å². The minimum Gasteiger partial charge on any atom is -0.294 e. The van der Waals surface area contributed by atoms with E-state index in [2.05, 4.69) is 22.6 Å². The summed E-state index contributed by atoms with van der Waals surface area (Å²) >= 11 is 14.2. The minimum atomic E-state index is 0.0256. The molecule has 0 amide bonds. The summed E-state index contributed by atoms with van der Waals surface area (Å²) in [4.78, 5) is 12.3. The van der Waals surface area contributed by atoms with Gasteiger partial charge in [0, 0.05) is 25.6 Å². The average Bonchev–Trinajstić information content (AvgIpc) is 2.35. The number of halogens is 3. The number of rotatable bonds is 3. The Hall–Kier alpha value is -0.580. The standard InChI is InChI=1S/C15H11Cl2IO/c1-9-2-3-10(13(17)6-9)7-15(19)12-8-11(16)4-5-14(12)18/h2-6,8H,7H2,1H3. The molecule has 98 valence electrons. The monoisotopic (exact) mass is 404 g/mol. The molecule has 19 heavy (non-hydrogen) atoms. The zero-order valence-corrected chi connectivity index (χ0v) is 13.9.